The minimum absolute atomic E-state index is 0.104. The normalized spacial score (nSPS) is 10.3. The first-order valence-corrected chi connectivity index (χ1v) is 5.46. The molecule has 0 spiro atoms. The van der Waals surface area contributed by atoms with Crippen molar-refractivity contribution in [1.29, 1.82) is 0 Å². The van der Waals surface area contributed by atoms with E-state index < -0.39 is 0 Å². The Morgan fingerprint density at radius 1 is 1.47 bits per heavy atom. The summed E-state index contributed by atoms with van der Waals surface area (Å²) in [6.45, 7) is 6.24. The first kappa shape index (κ1) is 11.8. The quantitative estimate of drug-likeness (QED) is 0.522. The number of nitrogens with zero attached hydrogens (tertiary/aromatic N) is 2. The molecule has 0 radical (unpaired) electrons. The van der Waals surface area contributed by atoms with Crippen LogP contribution in [0.1, 0.15) is 26.7 Å². The second-order valence-corrected chi connectivity index (χ2v) is 3.39. The van der Waals surface area contributed by atoms with Gasteiger partial charge in [0.2, 0.25) is 6.33 Å². The van der Waals surface area contributed by atoms with Crippen molar-refractivity contribution in [2.24, 2.45) is 0 Å². The molecule has 0 aliphatic rings. The second-order valence-electron chi connectivity index (χ2n) is 3.39. The van der Waals surface area contributed by atoms with Crippen LogP contribution in [0, 0.1) is 0 Å². The number of aryl methyl sites for hydroxylation is 2. The molecule has 1 heterocycles. The molecule has 0 bridgehead atoms. The van der Waals surface area contributed by atoms with Crippen LogP contribution in [-0.4, -0.2) is 17.1 Å². The van der Waals surface area contributed by atoms with E-state index in [-0.39, 0.29) is 5.97 Å². The van der Waals surface area contributed by atoms with Crippen LogP contribution >= 0.6 is 0 Å². The van der Waals surface area contributed by atoms with Gasteiger partial charge in [-0.1, -0.05) is 0 Å². The van der Waals surface area contributed by atoms with Gasteiger partial charge in [0.15, 0.2) is 0 Å². The van der Waals surface area contributed by atoms with E-state index in [1.54, 1.807) is 0 Å². The standard InChI is InChI=1S/C11H19N2O2/c1-3-12-8-9-13(10-12)7-5-6-11(14)15-4-2/h8-10H,3-7H2,1-2H3/q+1. The van der Waals surface area contributed by atoms with Gasteiger partial charge in [-0.05, 0) is 20.3 Å². The van der Waals surface area contributed by atoms with Crippen LogP contribution in [0.2, 0.25) is 0 Å². The number of aromatic nitrogens is 2. The minimum Gasteiger partial charge on any atom is -0.466 e. The number of carbonyl (C=O) groups is 1. The molecule has 0 aliphatic heterocycles. The maximum Gasteiger partial charge on any atom is 0.305 e. The molecule has 0 amide bonds. The lowest BCUT2D eigenvalue weighted by Gasteiger charge is -1.99. The molecule has 4 nitrogen and oxygen atoms in total. The molecule has 0 fully saturated rings. The van der Waals surface area contributed by atoms with Gasteiger partial charge >= 0.3 is 5.97 Å². The first-order valence-electron chi connectivity index (χ1n) is 5.46. The van der Waals surface area contributed by atoms with E-state index in [0.29, 0.717) is 13.0 Å². The summed E-state index contributed by atoms with van der Waals surface area (Å²) in [5.41, 5.74) is 0. The van der Waals surface area contributed by atoms with Crippen LogP contribution in [0.4, 0.5) is 0 Å². The largest absolute Gasteiger partial charge is 0.466 e. The predicted octanol–water partition coefficient (Wildman–Crippen LogP) is 1.14. The summed E-state index contributed by atoms with van der Waals surface area (Å²) in [6, 6.07) is 0. The van der Waals surface area contributed by atoms with Gasteiger partial charge in [-0.2, -0.15) is 0 Å². The molecule has 84 valence electrons. The maximum atomic E-state index is 11.1. The molecule has 1 rings (SSSR count). The van der Waals surface area contributed by atoms with Gasteiger partial charge in [-0.25, -0.2) is 9.13 Å². The maximum absolute atomic E-state index is 11.1. The average Bonchev–Trinajstić information content (AvgIpc) is 2.66. The van der Waals surface area contributed by atoms with Crippen LogP contribution in [0.15, 0.2) is 18.7 Å². The molecule has 0 N–H and O–H groups in total. The Labute approximate surface area is 90.5 Å². The Morgan fingerprint density at radius 3 is 2.87 bits per heavy atom. The van der Waals surface area contributed by atoms with Crippen molar-refractivity contribution in [3.63, 3.8) is 0 Å². The lowest BCUT2D eigenvalue weighted by Crippen LogP contribution is -2.31. The van der Waals surface area contributed by atoms with Gasteiger partial charge in [0.1, 0.15) is 12.4 Å². The zero-order chi connectivity index (χ0) is 11.1. The van der Waals surface area contributed by atoms with Crippen LogP contribution < -0.4 is 4.57 Å². The average molecular weight is 211 g/mol. The number of hydrogen-bond acceptors (Lipinski definition) is 2. The molecule has 0 unspecified atom stereocenters. The minimum atomic E-state index is -0.104. The summed E-state index contributed by atoms with van der Waals surface area (Å²) in [6.07, 6.45) is 7.43. The predicted molar refractivity (Wildman–Crippen MR) is 56.2 cm³/mol. The van der Waals surface area contributed by atoms with Crippen LogP contribution in [0.5, 0.6) is 0 Å². The third kappa shape index (κ3) is 4.14. The molecular weight excluding hydrogens is 192 g/mol. The van der Waals surface area contributed by atoms with E-state index in [1.807, 2.05) is 25.6 Å². The zero-order valence-electron chi connectivity index (χ0n) is 9.48. The summed E-state index contributed by atoms with van der Waals surface area (Å²) in [5.74, 6) is -0.104. The molecule has 1 aromatic heterocycles. The Hall–Kier alpha value is -1.32. The van der Waals surface area contributed by atoms with Gasteiger partial charge < -0.3 is 4.74 Å². The Morgan fingerprint density at radius 2 is 2.27 bits per heavy atom. The van der Waals surface area contributed by atoms with Crippen molar-refractivity contribution >= 4 is 5.97 Å². The van der Waals surface area contributed by atoms with E-state index in [4.69, 9.17) is 4.74 Å². The van der Waals surface area contributed by atoms with E-state index >= 15 is 0 Å². The number of hydrogen-bond donors (Lipinski definition) is 0. The van der Waals surface area contributed by atoms with Crippen LogP contribution in [0.25, 0.3) is 0 Å². The number of esters is 1. The summed E-state index contributed by atoms with van der Waals surface area (Å²) in [5, 5.41) is 0. The summed E-state index contributed by atoms with van der Waals surface area (Å²) in [4.78, 5) is 11.1. The lowest BCUT2D eigenvalue weighted by molar-refractivity contribution is -0.696. The van der Waals surface area contributed by atoms with E-state index in [1.165, 1.54) is 0 Å². The molecule has 15 heavy (non-hydrogen) atoms. The highest BCUT2D eigenvalue weighted by Gasteiger charge is 2.04. The molecule has 0 aliphatic carbocycles. The summed E-state index contributed by atoms with van der Waals surface area (Å²) in [7, 11) is 0. The highest BCUT2D eigenvalue weighted by atomic mass is 16.5. The van der Waals surface area contributed by atoms with Gasteiger partial charge in [0, 0.05) is 6.42 Å². The van der Waals surface area contributed by atoms with Crippen molar-refractivity contribution in [3.05, 3.63) is 18.7 Å². The smallest absolute Gasteiger partial charge is 0.305 e. The van der Waals surface area contributed by atoms with E-state index in [0.717, 1.165) is 19.5 Å². The number of rotatable bonds is 6. The number of imidazole rings is 1. The van der Waals surface area contributed by atoms with Gasteiger partial charge in [0.05, 0.1) is 19.7 Å². The van der Waals surface area contributed by atoms with Gasteiger partial charge in [-0.15, -0.1) is 0 Å². The summed E-state index contributed by atoms with van der Waals surface area (Å²) >= 11 is 0. The third-order valence-electron chi connectivity index (χ3n) is 2.21. The van der Waals surface area contributed by atoms with Crippen molar-refractivity contribution in [2.45, 2.75) is 39.8 Å². The molecule has 0 saturated heterocycles. The second kappa shape index (κ2) is 6.22. The Balaban J connectivity index is 2.22. The molecule has 4 heteroatoms. The fourth-order valence-electron chi connectivity index (χ4n) is 1.40. The zero-order valence-corrected chi connectivity index (χ0v) is 9.48. The lowest BCUT2D eigenvalue weighted by atomic mass is 10.3. The van der Waals surface area contributed by atoms with E-state index in [9.17, 15) is 4.79 Å². The number of ether oxygens (including phenoxy) is 1. The van der Waals surface area contributed by atoms with E-state index in [2.05, 4.69) is 16.1 Å². The topological polar surface area (TPSA) is 35.1 Å². The number of carbonyl (C=O) groups excluding carboxylic acids is 1. The monoisotopic (exact) mass is 211 g/mol. The molecule has 0 aromatic carbocycles. The summed E-state index contributed by atoms with van der Waals surface area (Å²) < 4.78 is 9.04. The fourth-order valence-corrected chi connectivity index (χ4v) is 1.40. The van der Waals surface area contributed by atoms with Gasteiger partial charge in [-0.3, -0.25) is 4.79 Å². The Bertz CT molecular complexity index is 307. The third-order valence-corrected chi connectivity index (χ3v) is 2.21. The first-order chi connectivity index (χ1) is 7.26. The van der Waals surface area contributed by atoms with Crippen molar-refractivity contribution in [3.8, 4) is 0 Å². The molecular formula is C11H19N2O2+. The van der Waals surface area contributed by atoms with Crippen molar-refractivity contribution in [2.75, 3.05) is 6.61 Å². The van der Waals surface area contributed by atoms with Crippen LogP contribution in [-0.2, 0) is 22.6 Å². The highest BCUT2D eigenvalue weighted by Crippen LogP contribution is 1.93. The highest BCUT2D eigenvalue weighted by molar-refractivity contribution is 5.69. The fraction of sp³-hybridized carbons (Fsp3) is 0.636. The molecule has 0 atom stereocenters. The molecule has 0 saturated carbocycles. The van der Waals surface area contributed by atoms with Crippen LogP contribution in [0.3, 0.4) is 0 Å². The SMILES string of the molecule is CCOC(=O)CCC[n+]1ccn(CC)c1. The van der Waals surface area contributed by atoms with Crippen molar-refractivity contribution in [1.82, 2.24) is 4.57 Å². The van der Waals surface area contributed by atoms with Gasteiger partial charge in [0.25, 0.3) is 0 Å². The Kier molecular flexibility index (Phi) is 4.87. The van der Waals surface area contributed by atoms with Crippen molar-refractivity contribution < 1.29 is 14.1 Å². The molecule has 1 aromatic rings.